The summed E-state index contributed by atoms with van der Waals surface area (Å²) in [4.78, 5) is 25.3. The van der Waals surface area contributed by atoms with Crippen LogP contribution in [0.15, 0.2) is 84.9 Å². The van der Waals surface area contributed by atoms with Gasteiger partial charge in [-0.1, -0.05) is 30.3 Å². The molecule has 4 aromatic carbocycles. The van der Waals surface area contributed by atoms with Crippen LogP contribution in [-0.4, -0.2) is 42.2 Å². The molecule has 0 unspecified atom stereocenters. The van der Waals surface area contributed by atoms with E-state index in [0.29, 0.717) is 17.3 Å². The largest absolute Gasteiger partial charge is 0.485 e. The quantitative estimate of drug-likeness (QED) is 0.109. The van der Waals surface area contributed by atoms with E-state index in [9.17, 15) is 41.3 Å². The topological polar surface area (TPSA) is 105 Å². The van der Waals surface area contributed by atoms with Gasteiger partial charge in [-0.25, -0.2) is 4.79 Å². The van der Waals surface area contributed by atoms with Crippen LogP contribution in [0.2, 0.25) is 0 Å². The number of benzene rings is 4. The molecule has 0 aliphatic carbocycles. The zero-order valence-corrected chi connectivity index (χ0v) is 24.2. The number of nitro benzene ring substituents is 1. The summed E-state index contributed by atoms with van der Waals surface area (Å²) in [7, 11) is 0. The predicted octanol–water partition coefficient (Wildman–Crippen LogP) is 8.03. The summed E-state index contributed by atoms with van der Waals surface area (Å²) in [6.45, 7) is 0.318. The number of nitrogens with zero attached hydrogens (tertiary/aromatic N) is 3. The lowest BCUT2D eigenvalue weighted by Crippen LogP contribution is -2.46. The molecule has 1 fully saturated rings. The number of para-hydroxylation sites is 2. The SMILES string of the molecule is O=C(O)c1ccc(COc2ccccc2Oc2cc(N3CCN(c4cccc(C(F)(F)F)c4)CC3)c([N+](=O)[O-])cc2C(F)(F)F)cc1. The number of aromatic carboxylic acids is 1. The van der Waals surface area contributed by atoms with Crippen molar-refractivity contribution in [1.29, 1.82) is 0 Å². The second-order valence-corrected chi connectivity index (χ2v) is 10.5. The fourth-order valence-electron chi connectivity index (χ4n) is 5.02. The number of hydrogen-bond donors (Lipinski definition) is 1. The summed E-state index contributed by atoms with van der Waals surface area (Å²) < 4.78 is 93.8. The van der Waals surface area contributed by atoms with E-state index in [4.69, 9.17) is 14.6 Å². The van der Waals surface area contributed by atoms with Crippen molar-refractivity contribution in [2.75, 3.05) is 36.0 Å². The molecule has 9 nitrogen and oxygen atoms in total. The Balaban J connectivity index is 1.41. The molecule has 1 aliphatic rings. The summed E-state index contributed by atoms with van der Waals surface area (Å²) >= 11 is 0. The zero-order valence-electron chi connectivity index (χ0n) is 24.2. The highest BCUT2D eigenvalue weighted by Gasteiger charge is 2.39. The van der Waals surface area contributed by atoms with Gasteiger partial charge in [0.05, 0.1) is 16.1 Å². The first-order valence-corrected chi connectivity index (χ1v) is 14.0. The molecule has 1 aliphatic heterocycles. The molecule has 1 heterocycles. The van der Waals surface area contributed by atoms with Crippen molar-refractivity contribution in [3.63, 3.8) is 0 Å². The molecule has 0 radical (unpaired) electrons. The summed E-state index contributed by atoms with van der Waals surface area (Å²) in [5.74, 6) is -1.90. The van der Waals surface area contributed by atoms with Gasteiger partial charge in [0, 0.05) is 44.0 Å². The Kier molecular flexibility index (Phi) is 9.17. The Bertz CT molecular complexity index is 1770. The van der Waals surface area contributed by atoms with Crippen LogP contribution in [0, 0.1) is 10.1 Å². The Morgan fingerprint density at radius 1 is 0.787 bits per heavy atom. The highest BCUT2D eigenvalue weighted by molar-refractivity contribution is 5.87. The minimum absolute atomic E-state index is 0.0533. The third-order valence-electron chi connectivity index (χ3n) is 7.40. The van der Waals surface area contributed by atoms with Crippen LogP contribution in [0.5, 0.6) is 17.2 Å². The summed E-state index contributed by atoms with van der Waals surface area (Å²) in [6, 6.07) is 17.7. The molecule has 5 rings (SSSR count). The molecule has 15 heteroatoms. The number of carboxylic acids is 1. The number of hydrogen-bond acceptors (Lipinski definition) is 7. The van der Waals surface area contributed by atoms with Gasteiger partial charge in [0.15, 0.2) is 11.5 Å². The lowest BCUT2D eigenvalue weighted by atomic mass is 10.1. The number of rotatable bonds is 9. The molecule has 4 aromatic rings. The van der Waals surface area contributed by atoms with E-state index in [1.54, 1.807) is 11.0 Å². The average molecular weight is 662 g/mol. The monoisotopic (exact) mass is 661 g/mol. The van der Waals surface area contributed by atoms with Crippen LogP contribution in [0.25, 0.3) is 0 Å². The van der Waals surface area contributed by atoms with Gasteiger partial charge in [-0.3, -0.25) is 10.1 Å². The second-order valence-electron chi connectivity index (χ2n) is 10.5. The van der Waals surface area contributed by atoms with Crippen LogP contribution >= 0.6 is 0 Å². The fraction of sp³-hybridized carbons (Fsp3) is 0.219. The van der Waals surface area contributed by atoms with E-state index in [1.165, 1.54) is 59.5 Å². The molecule has 0 spiro atoms. The molecule has 0 atom stereocenters. The van der Waals surface area contributed by atoms with Crippen LogP contribution in [0.3, 0.4) is 0 Å². The van der Waals surface area contributed by atoms with Gasteiger partial charge < -0.3 is 24.4 Å². The van der Waals surface area contributed by atoms with Gasteiger partial charge >= 0.3 is 18.3 Å². The Hall–Kier alpha value is -5.47. The van der Waals surface area contributed by atoms with E-state index in [2.05, 4.69) is 0 Å². The molecular weight excluding hydrogens is 636 g/mol. The van der Waals surface area contributed by atoms with E-state index in [-0.39, 0.29) is 55.5 Å². The molecule has 47 heavy (non-hydrogen) atoms. The van der Waals surface area contributed by atoms with Gasteiger partial charge in [-0.05, 0) is 48.0 Å². The Morgan fingerprint density at radius 3 is 2.02 bits per heavy atom. The van der Waals surface area contributed by atoms with Crippen molar-refractivity contribution in [1.82, 2.24) is 0 Å². The van der Waals surface area contributed by atoms with Crippen LogP contribution < -0.4 is 19.3 Å². The molecule has 1 N–H and O–H groups in total. The Labute approximate surface area is 263 Å². The number of nitro groups is 1. The smallest absolute Gasteiger partial charge is 0.420 e. The van der Waals surface area contributed by atoms with Crippen LogP contribution in [0.1, 0.15) is 27.0 Å². The second kappa shape index (κ2) is 13.1. The van der Waals surface area contributed by atoms with E-state index >= 15 is 0 Å². The number of halogens is 6. The third-order valence-corrected chi connectivity index (χ3v) is 7.40. The molecule has 0 bridgehead atoms. The van der Waals surface area contributed by atoms with Crippen molar-refractivity contribution >= 4 is 23.0 Å². The maximum Gasteiger partial charge on any atom is 0.420 e. The molecule has 0 amide bonds. The normalized spacial score (nSPS) is 13.7. The Morgan fingerprint density at radius 2 is 1.43 bits per heavy atom. The molecule has 0 aromatic heterocycles. The fourth-order valence-corrected chi connectivity index (χ4v) is 5.02. The van der Waals surface area contributed by atoms with Crippen molar-refractivity contribution in [2.24, 2.45) is 0 Å². The van der Waals surface area contributed by atoms with Crippen LogP contribution in [0.4, 0.5) is 43.4 Å². The van der Waals surface area contributed by atoms with Gasteiger partial charge in [0.25, 0.3) is 5.69 Å². The first-order chi connectivity index (χ1) is 22.2. The minimum atomic E-state index is -5.04. The van der Waals surface area contributed by atoms with Crippen LogP contribution in [-0.2, 0) is 19.0 Å². The van der Waals surface area contributed by atoms with Gasteiger partial charge in [0.2, 0.25) is 0 Å². The number of piperazine rings is 1. The average Bonchev–Trinajstić information content (AvgIpc) is 3.03. The number of carboxylic acid groups (broad SMARTS) is 1. The van der Waals surface area contributed by atoms with Crippen molar-refractivity contribution in [2.45, 2.75) is 19.0 Å². The zero-order chi connectivity index (χ0) is 33.9. The van der Waals surface area contributed by atoms with Gasteiger partial charge in [-0.15, -0.1) is 0 Å². The minimum Gasteiger partial charge on any atom is -0.485 e. The van der Waals surface area contributed by atoms with Crippen molar-refractivity contribution in [3.8, 4) is 17.2 Å². The maximum atomic E-state index is 14.2. The lowest BCUT2D eigenvalue weighted by Gasteiger charge is -2.37. The summed E-state index contributed by atoms with van der Waals surface area (Å²) in [6.07, 6.45) is -9.59. The summed E-state index contributed by atoms with van der Waals surface area (Å²) in [5, 5.41) is 21.0. The molecular formula is C32H25F6N3O6. The van der Waals surface area contributed by atoms with E-state index in [0.717, 1.165) is 18.2 Å². The first kappa shape index (κ1) is 32.9. The van der Waals surface area contributed by atoms with Gasteiger partial charge in [-0.2, -0.15) is 26.3 Å². The van der Waals surface area contributed by atoms with E-state index < -0.39 is 45.8 Å². The maximum absolute atomic E-state index is 14.2. The first-order valence-electron chi connectivity index (χ1n) is 14.0. The predicted molar refractivity (Wildman–Crippen MR) is 158 cm³/mol. The highest BCUT2D eigenvalue weighted by atomic mass is 19.4. The molecule has 1 saturated heterocycles. The number of anilines is 2. The third kappa shape index (κ3) is 7.68. The lowest BCUT2D eigenvalue weighted by molar-refractivity contribution is -0.384. The number of alkyl halides is 6. The summed E-state index contributed by atoms with van der Waals surface area (Å²) in [5.41, 5.74) is -2.27. The van der Waals surface area contributed by atoms with Crippen molar-refractivity contribution < 1.29 is 50.6 Å². The standard InChI is InChI=1S/C32H25F6N3O6/c33-31(34,35)22-4-3-5-23(16-22)39-12-14-40(15-13-39)25-18-29(24(32(36,37)38)17-26(25)41(44)45)47-28-7-2-1-6-27(28)46-19-20-8-10-21(11-9-20)30(42)43/h1-11,16-18H,12-15,19H2,(H,42,43). The van der Waals surface area contributed by atoms with Gasteiger partial charge in [0.1, 0.15) is 23.6 Å². The van der Waals surface area contributed by atoms with Crippen molar-refractivity contribution in [3.05, 3.63) is 117 Å². The molecule has 0 saturated carbocycles. The highest BCUT2D eigenvalue weighted by Crippen LogP contribution is 2.46. The molecule has 246 valence electrons. The number of ether oxygens (including phenoxy) is 2. The number of carbonyl (C=O) groups is 1. The van der Waals surface area contributed by atoms with E-state index in [1.807, 2.05) is 0 Å².